The summed E-state index contributed by atoms with van der Waals surface area (Å²) >= 11 is 7.27. The van der Waals surface area contributed by atoms with E-state index in [2.05, 4.69) is 10.3 Å². The zero-order valence-electron chi connectivity index (χ0n) is 16.5. The Labute approximate surface area is 191 Å². The Balaban J connectivity index is 1.40. The zero-order valence-corrected chi connectivity index (χ0v) is 18.1. The van der Waals surface area contributed by atoms with Crippen LogP contribution in [0.25, 0.3) is 33.4 Å². The number of hydrogen-bond donors (Lipinski definition) is 1. The van der Waals surface area contributed by atoms with E-state index in [1.54, 1.807) is 48.5 Å². The third-order valence-electron chi connectivity index (χ3n) is 4.94. The van der Waals surface area contributed by atoms with E-state index >= 15 is 0 Å². The number of nitrogens with zero attached hydrogens (tertiary/aromatic N) is 1. The van der Waals surface area contributed by atoms with Crippen molar-refractivity contribution in [2.24, 2.45) is 0 Å². The average molecular weight is 459 g/mol. The molecule has 2 aromatic heterocycles. The Morgan fingerprint density at radius 1 is 0.938 bits per heavy atom. The molecule has 0 aliphatic rings. The molecule has 0 saturated carbocycles. The number of carbonyl (C=O) groups excluding carboxylic acids is 1. The molecular formula is C25H15ClN2O3S. The minimum atomic E-state index is -0.450. The van der Waals surface area contributed by atoms with Gasteiger partial charge in [0.15, 0.2) is 5.13 Å². The molecule has 1 amide bonds. The van der Waals surface area contributed by atoms with Crippen molar-refractivity contribution in [3.63, 3.8) is 0 Å². The van der Waals surface area contributed by atoms with E-state index in [1.807, 2.05) is 35.7 Å². The van der Waals surface area contributed by atoms with Gasteiger partial charge in [-0.05, 0) is 42.0 Å². The Kier molecular flexibility index (Phi) is 5.31. The molecule has 0 bridgehead atoms. The molecule has 2 heterocycles. The number of anilines is 1. The van der Waals surface area contributed by atoms with Crippen molar-refractivity contribution >= 4 is 44.9 Å². The monoisotopic (exact) mass is 458 g/mol. The summed E-state index contributed by atoms with van der Waals surface area (Å²) < 4.78 is 5.42. The maximum Gasteiger partial charge on any atom is 0.344 e. The van der Waals surface area contributed by atoms with Crippen LogP contribution in [0.1, 0.15) is 10.4 Å². The molecule has 3 aromatic carbocycles. The lowest BCUT2D eigenvalue weighted by molar-refractivity contribution is 0.102. The van der Waals surface area contributed by atoms with Crippen molar-refractivity contribution in [2.75, 3.05) is 5.32 Å². The summed E-state index contributed by atoms with van der Waals surface area (Å²) in [6.45, 7) is 0. The summed E-state index contributed by atoms with van der Waals surface area (Å²) in [5, 5.41) is 6.64. The third-order valence-corrected chi connectivity index (χ3v) is 5.95. The first-order chi connectivity index (χ1) is 15.6. The molecular weight excluding hydrogens is 444 g/mol. The van der Waals surface area contributed by atoms with Gasteiger partial charge in [-0.25, -0.2) is 9.78 Å². The van der Waals surface area contributed by atoms with Gasteiger partial charge in [-0.2, -0.15) is 0 Å². The molecule has 7 heteroatoms. The van der Waals surface area contributed by atoms with Gasteiger partial charge in [0.2, 0.25) is 0 Å². The molecule has 0 aliphatic carbocycles. The number of amides is 1. The van der Waals surface area contributed by atoms with E-state index in [0.29, 0.717) is 32.4 Å². The number of carbonyl (C=O) groups is 1. The highest BCUT2D eigenvalue weighted by Gasteiger charge is 2.13. The van der Waals surface area contributed by atoms with Crippen LogP contribution in [0.15, 0.2) is 93.5 Å². The fraction of sp³-hybridized carbons (Fsp3) is 0. The summed E-state index contributed by atoms with van der Waals surface area (Å²) in [4.78, 5) is 29.8. The normalized spacial score (nSPS) is 10.9. The zero-order chi connectivity index (χ0) is 22.1. The molecule has 5 aromatic rings. The molecule has 156 valence electrons. The summed E-state index contributed by atoms with van der Waals surface area (Å²) in [6, 6.07) is 23.3. The van der Waals surface area contributed by atoms with Gasteiger partial charge in [0.25, 0.3) is 5.91 Å². The lowest BCUT2D eigenvalue weighted by Crippen LogP contribution is -2.12. The first-order valence-corrected chi connectivity index (χ1v) is 11.0. The van der Waals surface area contributed by atoms with Crippen LogP contribution in [0.2, 0.25) is 5.02 Å². The van der Waals surface area contributed by atoms with Crippen LogP contribution >= 0.6 is 22.9 Å². The Morgan fingerprint density at radius 2 is 1.75 bits per heavy atom. The Bertz CT molecular complexity index is 1510. The highest BCUT2D eigenvalue weighted by Crippen LogP contribution is 2.27. The molecule has 0 aliphatic heterocycles. The van der Waals surface area contributed by atoms with Gasteiger partial charge in [0.1, 0.15) is 5.58 Å². The Hall–Kier alpha value is -3.74. The number of aromatic nitrogens is 1. The second kappa shape index (κ2) is 8.42. The van der Waals surface area contributed by atoms with Gasteiger partial charge in [-0.3, -0.25) is 10.1 Å². The largest absolute Gasteiger partial charge is 0.422 e. The van der Waals surface area contributed by atoms with E-state index < -0.39 is 5.63 Å². The summed E-state index contributed by atoms with van der Waals surface area (Å²) in [5.74, 6) is -0.311. The molecule has 0 unspecified atom stereocenters. The number of hydrogen-bond acceptors (Lipinski definition) is 5. The van der Waals surface area contributed by atoms with E-state index in [0.717, 1.165) is 16.6 Å². The second-order valence-electron chi connectivity index (χ2n) is 7.07. The average Bonchev–Trinajstić information content (AvgIpc) is 3.27. The molecule has 0 radical (unpaired) electrons. The maximum atomic E-state index is 12.8. The SMILES string of the molecule is O=C(Nc1nc(-c2ccc(Cl)cc2)cs1)c1cccc(-c2cc3ccccc3oc2=O)c1. The van der Waals surface area contributed by atoms with E-state index in [4.69, 9.17) is 16.0 Å². The van der Waals surface area contributed by atoms with Crippen LogP contribution in [0.3, 0.4) is 0 Å². The molecule has 0 saturated heterocycles. The fourth-order valence-corrected chi connectivity index (χ4v) is 4.19. The number of halogens is 1. The van der Waals surface area contributed by atoms with Gasteiger partial charge < -0.3 is 4.42 Å². The predicted octanol–water partition coefficient (Wildman–Crippen LogP) is 6.49. The molecule has 0 spiro atoms. The molecule has 1 N–H and O–H groups in total. The standard InChI is InChI=1S/C25H15ClN2O3S/c26-19-10-8-15(9-11-19)21-14-32-25(27-21)28-23(29)18-6-3-5-16(12-18)20-13-17-4-1-2-7-22(17)31-24(20)30/h1-14H,(H,27,28,29). The second-order valence-corrected chi connectivity index (χ2v) is 8.36. The maximum absolute atomic E-state index is 12.8. The van der Waals surface area contributed by atoms with Crippen molar-refractivity contribution in [2.45, 2.75) is 0 Å². The van der Waals surface area contributed by atoms with Gasteiger partial charge in [-0.1, -0.05) is 54.1 Å². The van der Waals surface area contributed by atoms with Gasteiger partial charge >= 0.3 is 5.63 Å². The van der Waals surface area contributed by atoms with Crippen LogP contribution in [0.5, 0.6) is 0 Å². The van der Waals surface area contributed by atoms with Gasteiger partial charge in [0.05, 0.1) is 11.3 Å². The van der Waals surface area contributed by atoms with E-state index in [-0.39, 0.29) is 5.91 Å². The first-order valence-electron chi connectivity index (χ1n) is 9.73. The van der Waals surface area contributed by atoms with Crippen LogP contribution in [0, 0.1) is 0 Å². The molecule has 5 nitrogen and oxygen atoms in total. The summed E-state index contributed by atoms with van der Waals surface area (Å²) in [7, 11) is 0. The lowest BCUT2D eigenvalue weighted by atomic mass is 10.0. The van der Waals surface area contributed by atoms with Crippen molar-refractivity contribution in [3.05, 3.63) is 105 Å². The third kappa shape index (κ3) is 4.06. The van der Waals surface area contributed by atoms with Crippen molar-refractivity contribution in [1.82, 2.24) is 4.98 Å². The highest BCUT2D eigenvalue weighted by atomic mass is 35.5. The Morgan fingerprint density at radius 3 is 2.59 bits per heavy atom. The van der Waals surface area contributed by atoms with Gasteiger partial charge in [0, 0.05) is 26.9 Å². The number of para-hydroxylation sites is 1. The topological polar surface area (TPSA) is 72.2 Å². The highest BCUT2D eigenvalue weighted by molar-refractivity contribution is 7.14. The molecule has 0 atom stereocenters. The molecule has 32 heavy (non-hydrogen) atoms. The van der Waals surface area contributed by atoms with Crippen LogP contribution in [-0.4, -0.2) is 10.9 Å². The van der Waals surface area contributed by atoms with Crippen LogP contribution < -0.4 is 10.9 Å². The smallest absolute Gasteiger partial charge is 0.344 e. The van der Waals surface area contributed by atoms with Crippen LogP contribution in [-0.2, 0) is 0 Å². The van der Waals surface area contributed by atoms with Crippen LogP contribution in [0.4, 0.5) is 5.13 Å². The summed E-state index contributed by atoms with van der Waals surface area (Å²) in [6.07, 6.45) is 0. The quantitative estimate of drug-likeness (QED) is 0.312. The van der Waals surface area contributed by atoms with Gasteiger partial charge in [-0.15, -0.1) is 11.3 Å². The number of benzene rings is 3. The summed E-state index contributed by atoms with van der Waals surface area (Å²) in [5.41, 5.74) is 3.17. The van der Waals surface area contributed by atoms with E-state index in [1.165, 1.54) is 11.3 Å². The first kappa shape index (κ1) is 20.2. The minimum Gasteiger partial charge on any atom is -0.422 e. The van der Waals surface area contributed by atoms with Crippen molar-refractivity contribution in [1.29, 1.82) is 0 Å². The fourth-order valence-electron chi connectivity index (χ4n) is 3.34. The predicted molar refractivity (Wildman–Crippen MR) is 128 cm³/mol. The van der Waals surface area contributed by atoms with Crippen molar-refractivity contribution < 1.29 is 9.21 Å². The lowest BCUT2D eigenvalue weighted by Gasteiger charge is -2.06. The van der Waals surface area contributed by atoms with E-state index in [9.17, 15) is 9.59 Å². The number of nitrogens with one attached hydrogen (secondary N) is 1. The number of rotatable bonds is 4. The molecule has 0 fully saturated rings. The minimum absolute atomic E-state index is 0.311. The molecule has 5 rings (SSSR count). The number of thiazole rings is 1. The number of fused-ring (bicyclic) bond motifs is 1. The van der Waals surface area contributed by atoms with Crippen molar-refractivity contribution in [3.8, 4) is 22.4 Å².